The first kappa shape index (κ1) is 9.23. The normalized spacial score (nSPS) is 12.1. The molecule has 0 unspecified atom stereocenters. The first-order chi connectivity index (χ1) is 5.46. The highest BCUT2D eigenvalue weighted by Gasteiger charge is 2.22. The maximum atomic E-state index is 4.07. The van der Waals surface area contributed by atoms with Crippen molar-refractivity contribution in [3.63, 3.8) is 0 Å². The molecule has 0 aliphatic heterocycles. The van der Waals surface area contributed by atoms with E-state index in [0.29, 0.717) is 0 Å². The second-order valence-electron chi connectivity index (χ2n) is 4.09. The molecule has 0 aromatic carbocycles. The van der Waals surface area contributed by atoms with Crippen LogP contribution in [0.4, 0.5) is 0 Å². The van der Waals surface area contributed by atoms with Gasteiger partial charge in [-0.15, -0.1) is 5.10 Å². The van der Waals surface area contributed by atoms with Crippen LogP contribution >= 0.6 is 0 Å². The molecule has 1 heterocycles. The van der Waals surface area contributed by atoms with E-state index in [1.165, 1.54) is 5.69 Å². The predicted molar refractivity (Wildman–Crippen MR) is 49.1 cm³/mol. The SMILES string of the molecule is CCn1nnc(C)c1C(C)(C)C. The minimum Gasteiger partial charge on any atom is -0.249 e. The molecule has 3 heteroatoms. The summed E-state index contributed by atoms with van der Waals surface area (Å²) >= 11 is 0. The van der Waals surface area contributed by atoms with Crippen molar-refractivity contribution in [1.29, 1.82) is 0 Å². The lowest BCUT2D eigenvalue weighted by molar-refractivity contribution is 0.491. The Morgan fingerprint density at radius 3 is 2.25 bits per heavy atom. The quantitative estimate of drug-likeness (QED) is 0.639. The standard InChI is InChI=1S/C9H17N3/c1-6-12-8(9(3,4)5)7(2)10-11-12/h6H2,1-5H3. The van der Waals surface area contributed by atoms with Crippen LogP contribution in [0.15, 0.2) is 0 Å². The smallest absolute Gasteiger partial charge is 0.0833 e. The van der Waals surface area contributed by atoms with Gasteiger partial charge in [-0.3, -0.25) is 0 Å². The molecule has 1 rings (SSSR count). The van der Waals surface area contributed by atoms with Crippen molar-refractivity contribution < 1.29 is 0 Å². The summed E-state index contributed by atoms with van der Waals surface area (Å²) < 4.78 is 1.97. The van der Waals surface area contributed by atoms with Crippen molar-refractivity contribution in [1.82, 2.24) is 15.0 Å². The molecule has 0 radical (unpaired) electrons. The summed E-state index contributed by atoms with van der Waals surface area (Å²) in [6, 6.07) is 0. The molecule has 0 amide bonds. The Balaban J connectivity index is 3.19. The van der Waals surface area contributed by atoms with Gasteiger partial charge in [0.15, 0.2) is 0 Å². The van der Waals surface area contributed by atoms with E-state index < -0.39 is 0 Å². The van der Waals surface area contributed by atoms with Gasteiger partial charge in [0.1, 0.15) is 0 Å². The molecule has 0 spiro atoms. The third-order valence-electron chi connectivity index (χ3n) is 1.91. The van der Waals surface area contributed by atoms with Crippen LogP contribution in [0.2, 0.25) is 0 Å². The maximum Gasteiger partial charge on any atom is 0.0833 e. The van der Waals surface area contributed by atoms with Crippen molar-refractivity contribution >= 4 is 0 Å². The van der Waals surface area contributed by atoms with Gasteiger partial charge in [-0.05, 0) is 13.8 Å². The van der Waals surface area contributed by atoms with Crippen LogP contribution < -0.4 is 0 Å². The summed E-state index contributed by atoms with van der Waals surface area (Å²) in [6.07, 6.45) is 0. The third-order valence-corrected chi connectivity index (χ3v) is 1.91. The van der Waals surface area contributed by atoms with Gasteiger partial charge in [0.25, 0.3) is 0 Å². The molecule has 3 nitrogen and oxygen atoms in total. The monoisotopic (exact) mass is 167 g/mol. The zero-order chi connectivity index (χ0) is 9.35. The Morgan fingerprint density at radius 2 is 1.92 bits per heavy atom. The zero-order valence-corrected chi connectivity index (χ0v) is 8.55. The largest absolute Gasteiger partial charge is 0.249 e. The highest BCUT2D eigenvalue weighted by atomic mass is 15.4. The lowest BCUT2D eigenvalue weighted by atomic mass is 9.90. The van der Waals surface area contributed by atoms with Gasteiger partial charge in [-0.25, -0.2) is 4.68 Å². The topological polar surface area (TPSA) is 30.7 Å². The average molecular weight is 167 g/mol. The zero-order valence-electron chi connectivity index (χ0n) is 8.55. The Morgan fingerprint density at radius 1 is 1.33 bits per heavy atom. The number of hydrogen-bond donors (Lipinski definition) is 0. The van der Waals surface area contributed by atoms with Gasteiger partial charge in [-0.2, -0.15) is 0 Å². The first-order valence-electron chi connectivity index (χ1n) is 4.37. The molecule has 0 saturated heterocycles. The van der Waals surface area contributed by atoms with Crippen LogP contribution in [0.3, 0.4) is 0 Å². The number of rotatable bonds is 1. The van der Waals surface area contributed by atoms with Crippen LogP contribution in [0.5, 0.6) is 0 Å². The highest BCUT2D eigenvalue weighted by Crippen LogP contribution is 2.23. The van der Waals surface area contributed by atoms with Crippen molar-refractivity contribution in [3.05, 3.63) is 11.4 Å². The summed E-state index contributed by atoms with van der Waals surface area (Å²) in [6.45, 7) is 11.6. The van der Waals surface area contributed by atoms with E-state index >= 15 is 0 Å². The van der Waals surface area contributed by atoms with Crippen LogP contribution in [0.25, 0.3) is 0 Å². The van der Waals surface area contributed by atoms with E-state index in [-0.39, 0.29) is 5.41 Å². The van der Waals surface area contributed by atoms with Crippen LogP contribution in [-0.2, 0) is 12.0 Å². The lowest BCUT2D eigenvalue weighted by Gasteiger charge is -2.19. The minimum atomic E-state index is 0.142. The Labute approximate surface area is 73.8 Å². The second-order valence-corrected chi connectivity index (χ2v) is 4.09. The van der Waals surface area contributed by atoms with E-state index in [4.69, 9.17) is 0 Å². The first-order valence-corrected chi connectivity index (χ1v) is 4.37. The van der Waals surface area contributed by atoms with Gasteiger partial charge < -0.3 is 0 Å². The molecule has 68 valence electrons. The van der Waals surface area contributed by atoms with Crippen molar-refractivity contribution in [2.24, 2.45) is 0 Å². The van der Waals surface area contributed by atoms with E-state index in [2.05, 4.69) is 38.0 Å². The molecule has 12 heavy (non-hydrogen) atoms. The number of aromatic nitrogens is 3. The summed E-state index contributed by atoms with van der Waals surface area (Å²) in [5.41, 5.74) is 2.43. The molecule has 0 fully saturated rings. The fourth-order valence-electron chi connectivity index (χ4n) is 1.55. The molecule has 0 N–H and O–H groups in total. The van der Waals surface area contributed by atoms with E-state index in [9.17, 15) is 0 Å². The Hall–Kier alpha value is -0.860. The highest BCUT2D eigenvalue weighted by molar-refractivity contribution is 5.17. The van der Waals surface area contributed by atoms with Gasteiger partial charge in [0.2, 0.25) is 0 Å². The molecule has 0 bridgehead atoms. The summed E-state index contributed by atoms with van der Waals surface area (Å²) in [7, 11) is 0. The van der Waals surface area contributed by atoms with Gasteiger partial charge >= 0.3 is 0 Å². The van der Waals surface area contributed by atoms with E-state index in [0.717, 1.165) is 12.2 Å². The molecular weight excluding hydrogens is 150 g/mol. The molecule has 1 aromatic rings. The van der Waals surface area contributed by atoms with Gasteiger partial charge in [-0.1, -0.05) is 26.0 Å². The molecule has 0 aliphatic rings. The Kier molecular flexibility index (Phi) is 2.22. The fraction of sp³-hybridized carbons (Fsp3) is 0.778. The Bertz CT molecular complexity index is 268. The van der Waals surface area contributed by atoms with Crippen molar-refractivity contribution in [2.75, 3.05) is 0 Å². The van der Waals surface area contributed by atoms with Crippen LogP contribution in [0.1, 0.15) is 39.1 Å². The van der Waals surface area contributed by atoms with Crippen LogP contribution in [0, 0.1) is 6.92 Å². The lowest BCUT2D eigenvalue weighted by Crippen LogP contribution is -2.19. The second kappa shape index (κ2) is 2.88. The molecule has 0 saturated carbocycles. The van der Waals surface area contributed by atoms with E-state index in [1.54, 1.807) is 0 Å². The molecule has 0 aliphatic carbocycles. The molecular formula is C9H17N3. The van der Waals surface area contributed by atoms with E-state index in [1.807, 2.05) is 11.6 Å². The summed E-state index contributed by atoms with van der Waals surface area (Å²) in [5.74, 6) is 0. The summed E-state index contributed by atoms with van der Waals surface area (Å²) in [4.78, 5) is 0. The number of aryl methyl sites for hydroxylation is 2. The summed E-state index contributed by atoms with van der Waals surface area (Å²) in [5, 5.41) is 8.13. The minimum absolute atomic E-state index is 0.142. The molecule has 0 atom stereocenters. The average Bonchev–Trinajstić information content (AvgIpc) is 2.29. The van der Waals surface area contributed by atoms with Gasteiger partial charge in [0.05, 0.1) is 11.4 Å². The van der Waals surface area contributed by atoms with Gasteiger partial charge in [0, 0.05) is 12.0 Å². The van der Waals surface area contributed by atoms with Crippen molar-refractivity contribution in [2.45, 2.75) is 46.6 Å². The number of nitrogens with zero attached hydrogens (tertiary/aromatic N) is 3. The predicted octanol–water partition coefficient (Wildman–Crippen LogP) is 1.90. The third kappa shape index (κ3) is 1.49. The maximum absolute atomic E-state index is 4.07. The molecule has 1 aromatic heterocycles. The number of hydrogen-bond acceptors (Lipinski definition) is 2. The van der Waals surface area contributed by atoms with Crippen LogP contribution in [-0.4, -0.2) is 15.0 Å². The van der Waals surface area contributed by atoms with Crippen molar-refractivity contribution in [3.8, 4) is 0 Å². The fourth-order valence-corrected chi connectivity index (χ4v) is 1.55.